The van der Waals surface area contributed by atoms with E-state index >= 15 is 0 Å². The molecule has 0 bridgehead atoms. The van der Waals surface area contributed by atoms with Crippen molar-refractivity contribution in [2.75, 3.05) is 7.11 Å². The standard InChI is InChI=1S/C29H26N6O8S/c1-35-22-13-16(11-12-20(22)32-25(35)15-24-30-18-8-4-5-9-19(18)31-24)27(37)33-21(28(38)39)14-26(36)34-44(41,42)23-10-6-3-7-17(23)29(40)43-2/h3-13,21H,14-15H2,1-2H3,(H,30,31)(H,33,37)(H,34,36)(H,38,39). The minimum Gasteiger partial charge on any atom is -0.480 e. The van der Waals surface area contributed by atoms with Crippen molar-refractivity contribution in [1.29, 1.82) is 0 Å². The Balaban J connectivity index is 1.29. The zero-order valence-corrected chi connectivity index (χ0v) is 24.2. The number of nitrogens with zero attached hydrogens (tertiary/aromatic N) is 3. The van der Waals surface area contributed by atoms with Crippen LogP contribution in [-0.4, -0.2) is 69.9 Å². The molecule has 0 saturated carbocycles. The average Bonchev–Trinajstić information content (AvgIpc) is 3.55. The maximum absolute atomic E-state index is 13.0. The third-order valence-electron chi connectivity index (χ3n) is 6.82. The zero-order valence-electron chi connectivity index (χ0n) is 23.4. The van der Waals surface area contributed by atoms with Crippen LogP contribution >= 0.6 is 0 Å². The number of carbonyl (C=O) groups excluding carboxylic acids is 3. The number of imidazole rings is 2. The molecule has 1 unspecified atom stereocenters. The summed E-state index contributed by atoms with van der Waals surface area (Å²) in [6.45, 7) is 0. The zero-order chi connectivity index (χ0) is 31.6. The molecule has 4 N–H and O–H groups in total. The van der Waals surface area contributed by atoms with E-state index in [0.717, 1.165) is 24.2 Å². The SMILES string of the molecule is COC(=O)c1ccccc1S(=O)(=O)NC(=O)CC(NC(=O)c1ccc2nc(Cc3nc4ccccc4[nH]3)n(C)c2c1)C(=O)O. The number of aromatic amines is 1. The predicted molar refractivity (Wildman–Crippen MR) is 156 cm³/mol. The number of aryl methyl sites for hydroxylation is 1. The third-order valence-corrected chi connectivity index (χ3v) is 8.25. The van der Waals surface area contributed by atoms with Gasteiger partial charge in [0.15, 0.2) is 0 Å². The summed E-state index contributed by atoms with van der Waals surface area (Å²) in [5.74, 6) is -3.13. The summed E-state index contributed by atoms with van der Waals surface area (Å²) in [5, 5.41) is 11.9. The number of methoxy groups -OCH3 is 1. The summed E-state index contributed by atoms with van der Waals surface area (Å²) in [7, 11) is -1.73. The van der Waals surface area contributed by atoms with Crippen LogP contribution in [0.1, 0.15) is 38.8 Å². The van der Waals surface area contributed by atoms with Gasteiger partial charge in [-0.3, -0.25) is 9.59 Å². The fraction of sp³-hybridized carbons (Fsp3) is 0.172. The van der Waals surface area contributed by atoms with Gasteiger partial charge in [0.05, 0.1) is 47.6 Å². The second-order valence-electron chi connectivity index (χ2n) is 9.75. The van der Waals surface area contributed by atoms with E-state index in [1.165, 1.54) is 30.3 Å². The Kier molecular flexibility index (Phi) is 8.13. The highest BCUT2D eigenvalue weighted by atomic mass is 32.2. The highest BCUT2D eigenvalue weighted by Gasteiger charge is 2.29. The highest BCUT2D eigenvalue weighted by Crippen LogP contribution is 2.20. The van der Waals surface area contributed by atoms with Crippen molar-refractivity contribution < 1.29 is 37.4 Å². The van der Waals surface area contributed by atoms with Gasteiger partial charge in [0, 0.05) is 12.6 Å². The van der Waals surface area contributed by atoms with Crippen LogP contribution in [0.5, 0.6) is 0 Å². The first-order valence-corrected chi connectivity index (χ1v) is 14.6. The monoisotopic (exact) mass is 618 g/mol. The Bertz CT molecular complexity index is 2020. The molecule has 2 heterocycles. The van der Waals surface area contributed by atoms with Crippen molar-refractivity contribution in [3.05, 3.63) is 89.5 Å². The van der Waals surface area contributed by atoms with E-state index < -0.39 is 51.1 Å². The number of carboxylic acid groups (broad SMARTS) is 1. The molecular weight excluding hydrogens is 592 g/mol. The molecule has 0 radical (unpaired) electrons. The van der Waals surface area contributed by atoms with Crippen LogP contribution in [0.25, 0.3) is 22.1 Å². The second-order valence-corrected chi connectivity index (χ2v) is 11.4. The molecule has 3 aromatic carbocycles. The number of nitrogens with one attached hydrogen (secondary N) is 3. The predicted octanol–water partition coefficient (Wildman–Crippen LogP) is 1.91. The van der Waals surface area contributed by atoms with Gasteiger partial charge in [-0.25, -0.2) is 32.7 Å². The first-order valence-electron chi connectivity index (χ1n) is 13.1. The van der Waals surface area contributed by atoms with E-state index in [-0.39, 0.29) is 11.1 Å². The number of H-pyrrole nitrogens is 1. The van der Waals surface area contributed by atoms with E-state index in [4.69, 9.17) is 0 Å². The molecule has 44 heavy (non-hydrogen) atoms. The van der Waals surface area contributed by atoms with Crippen LogP contribution in [0.3, 0.4) is 0 Å². The van der Waals surface area contributed by atoms with Gasteiger partial charge in [0.25, 0.3) is 15.9 Å². The van der Waals surface area contributed by atoms with Crippen molar-refractivity contribution in [3.63, 3.8) is 0 Å². The lowest BCUT2D eigenvalue weighted by molar-refractivity contribution is -0.141. The molecule has 0 spiro atoms. The first-order chi connectivity index (χ1) is 21.0. The van der Waals surface area contributed by atoms with E-state index in [1.807, 2.05) is 24.3 Å². The van der Waals surface area contributed by atoms with Crippen LogP contribution in [0, 0.1) is 0 Å². The highest BCUT2D eigenvalue weighted by molar-refractivity contribution is 7.90. The van der Waals surface area contributed by atoms with Crippen molar-refractivity contribution in [1.82, 2.24) is 29.6 Å². The first kappa shape index (κ1) is 29.9. The van der Waals surface area contributed by atoms with Gasteiger partial charge < -0.3 is 24.7 Å². The largest absolute Gasteiger partial charge is 0.480 e. The number of carbonyl (C=O) groups is 4. The molecule has 1 atom stereocenters. The van der Waals surface area contributed by atoms with Gasteiger partial charge in [-0.15, -0.1) is 0 Å². The maximum atomic E-state index is 13.0. The molecule has 0 fully saturated rings. The summed E-state index contributed by atoms with van der Waals surface area (Å²) >= 11 is 0. The molecular formula is C29H26N6O8S. The molecule has 2 amide bonds. The fourth-order valence-corrected chi connectivity index (χ4v) is 5.82. The van der Waals surface area contributed by atoms with Crippen LogP contribution < -0.4 is 10.0 Å². The number of amides is 2. The average molecular weight is 619 g/mol. The summed E-state index contributed by atoms with van der Waals surface area (Å²) in [6.07, 6.45) is -0.513. The molecule has 0 aliphatic heterocycles. The summed E-state index contributed by atoms with van der Waals surface area (Å²) in [6, 6.07) is 15.5. The molecule has 0 aliphatic carbocycles. The van der Waals surface area contributed by atoms with Gasteiger partial charge in [0.2, 0.25) is 5.91 Å². The molecule has 5 aromatic rings. The Labute approximate surface area is 250 Å². The summed E-state index contributed by atoms with van der Waals surface area (Å²) in [4.78, 5) is 61.4. The number of aromatic nitrogens is 4. The minimum atomic E-state index is -4.58. The lowest BCUT2D eigenvalue weighted by atomic mass is 10.1. The van der Waals surface area contributed by atoms with E-state index in [2.05, 4.69) is 25.0 Å². The van der Waals surface area contributed by atoms with Crippen LogP contribution in [0.4, 0.5) is 0 Å². The number of rotatable bonds is 10. The number of fused-ring (bicyclic) bond motifs is 2. The van der Waals surface area contributed by atoms with Gasteiger partial charge in [-0.2, -0.15) is 0 Å². The molecule has 0 aliphatic rings. The molecule has 15 heteroatoms. The number of hydrogen-bond acceptors (Lipinski definition) is 9. The molecule has 226 valence electrons. The summed E-state index contributed by atoms with van der Waals surface area (Å²) in [5.41, 5.74) is 2.70. The normalized spacial score (nSPS) is 12.1. The number of para-hydroxylation sites is 2. The molecule has 2 aromatic heterocycles. The van der Waals surface area contributed by atoms with E-state index in [1.54, 1.807) is 22.4 Å². The number of benzene rings is 3. The topological polar surface area (TPSA) is 202 Å². The van der Waals surface area contributed by atoms with Gasteiger partial charge in [0.1, 0.15) is 22.6 Å². The van der Waals surface area contributed by atoms with Gasteiger partial charge in [-0.1, -0.05) is 24.3 Å². The van der Waals surface area contributed by atoms with Crippen LogP contribution in [-0.2, 0) is 37.8 Å². The number of aliphatic carboxylic acids is 1. The summed E-state index contributed by atoms with van der Waals surface area (Å²) < 4.78 is 33.7. The molecule has 14 nitrogen and oxygen atoms in total. The molecule has 5 rings (SSSR count). The Morgan fingerprint density at radius 2 is 1.73 bits per heavy atom. The molecule has 0 saturated heterocycles. The van der Waals surface area contributed by atoms with Crippen molar-refractivity contribution in [3.8, 4) is 0 Å². The quantitative estimate of drug-likeness (QED) is 0.167. The van der Waals surface area contributed by atoms with Crippen molar-refractivity contribution >= 4 is 55.8 Å². The Morgan fingerprint density at radius 3 is 2.45 bits per heavy atom. The number of carboxylic acids is 1. The number of sulfonamides is 1. The third kappa shape index (κ3) is 6.12. The Morgan fingerprint density at radius 1 is 1.00 bits per heavy atom. The number of hydrogen-bond donors (Lipinski definition) is 4. The second kappa shape index (κ2) is 12.0. The van der Waals surface area contributed by atoms with Crippen molar-refractivity contribution in [2.24, 2.45) is 7.05 Å². The van der Waals surface area contributed by atoms with Gasteiger partial charge >= 0.3 is 11.9 Å². The fourth-order valence-electron chi connectivity index (χ4n) is 4.63. The van der Waals surface area contributed by atoms with E-state index in [9.17, 15) is 32.7 Å². The van der Waals surface area contributed by atoms with Crippen LogP contribution in [0.15, 0.2) is 71.6 Å². The number of esters is 1. The lowest BCUT2D eigenvalue weighted by Crippen LogP contribution is -2.45. The van der Waals surface area contributed by atoms with E-state index in [0.29, 0.717) is 29.1 Å². The maximum Gasteiger partial charge on any atom is 0.339 e. The minimum absolute atomic E-state index is 0.0991. The van der Waals surface area contributed by atoms with Crippen LogP contribution in [0.2, 0.25) is 0 Å². The number of ether oxygens (including phenoxy) is 1. The Hall–Kier alpha value is -5.57. The van der Waals surface area contributed by atoms with Crippen molar-refractivity contribution in [2.45, 2.75) is 23.8 Å². The smallest absolute Gasteiger partial charge is 0.339 e. The van der Waals surface area contributed by atoms with Gasteiger partial charge in [-0.05, 0) is 42.5 Å². The lowest BCUT2D eigenvalue weighted by Gasteiger charge is -2.15.